The van der Waals surface area contributed by atoms with Crippen LogP contribution in [-0.2, 0) is 9.53 Å². The number of para-hydroxylation sites is 2. The van der Waals surface area contributed by atoms with Crippen molar-refractivity contribution < 1.29 is 18.7 Å². The molecule has 8 heteroatoms. The zero-order valence-corrected chi connectivity index (χ0v) is 14.9. The van der Waals surface area contributed by atoms with Crippen LogP contribution in [0, 0.1) is 0 Å². The summed E-state index contributed by atoms with van der Waals surface area (Å²) in [6, 6.07) is 7.25. The Bertz CT molecular complexity index is 719. The van der Waals surface area contributed by atoms with Crippen LogP contribution in [0.5, 0.6) is 0 Å². The average Bonchev–Trinajstić information content (AvgIpc) is 3.06. The summed E-state index contributed by atoms with van der Waals surface area (Å²) >= 11 is 0. The highest BCUT2D eigenvalue weighted by Gasteiger charge is 2.25. The van der Waals surface area contributed by atoms with Gasteiger partial charge in [-0.05, 0) is 38.1 Å². The Labute approximate surface area is 151 Å². The van der Waals surface area contributed by atoms with Crippen LogP contribution in [0.2, 0.25) is 0 Å². The van der Waals surface area contributed by atoms with E-state index in [9.17, 15) is 9.59 Å². The average molecular weight is 360 g/mol. The maximum atomic E-state index is 11.9. The maximum absolute atomic E-state index is 11.9. The van der Waals surface area contributed by atoms with Crippen LogP contribution in [0.3, 0.4) is 0 Å². The van der Waals surface area contributed by atoms with Crippen molar-refractivity contribution >= 4 is 23.0 Å². The van der Waals surface area contributed by atoms with Gasteiger partial charge in [-0.1, -0.05) is 12.1 Å². The fourth-order valence-electron chi connectivity index (χ4n) is 3.08. The fraction of sp³-hybridized carbons (Fsp3) is 0.500. The van der Waals surface area contributed by atoms with E-state index >= 15 is 0 Å². The lowest BCUT2D eigenvalue weighted by Crippen LogP contribution is -2.46. The summed E-state index contributed by atoms with van der Waals surface area (Å²) in [7, 11) is 1.55. The summed E-state index contributed by atoms with van der Waals surface area (Å²) in [6.45, 7) is 2.51. The van der Waals surface area contributed by atoms with E-state index in [1.54, 1.807) is 7.11 Å². The number of oxazole rings is 1. The van der Waals surface area contributed by atoms with E-state index in [0.717, 1.165) is 42.9 Å². The minimum absolute atomic E-state index is 0.206. The van der Waals surface area contributed by atoms with Crippen molar-refractivity contribution in [2.45, 2.75) is 18.8 Å². The highest BCUT2D eigenvalue weighted by atomic mass is 16.5. The number of fused-ring (bicyclic) bond motifs is 1. The molecule has 0 aliphatic carbocycles. The molecule has 2 heterocycles. The van der Waals surface area contributed by atoms with E-state index in [2.05, 4.69) is 15.6 Å². The lowest BCUT2D eigenvalue weighted by Gasteiger charge is -2.29. The van der Waals surface area contributed by atoms with E-state index in [-0.39, 0.29) is 18.4 Å². The van der Waals surface area contributed by atoms with E-state index in [1.807, 2.05) is 29.2 Å². The largest absolute Gasteiger partial charge is 0.440 e. The number of likely N-dealkylation sites (tertiary alicyclic amines) is 1. The van der Waals surface area contributed by atoms with Gasteiger partial charge in [-0.15, -0.1) is 0 Å². The van der Waals surface area contributed by atoms with Crippen LogP contribution in [0.15, 0.2) is 28.7 Å². The Morgan fingerprint density at radius 1 is 1.31 bits per heavy atom. The van der Waals surface area contributed by atoms with Gasteiger partial charge in [0.25, 0.3) is 0 Å². The number of aromatic nitrogens is 1. The molecule has 2 N–H and O–H groups in total. The Kier molecular flexibility index (Phi) is 6.19. The van der Waals surface area contributed by atoms with E-state index < -0.39 is 6.03 Å². The van der Waals surface area contributed by atoms with Gasteiger partial charge in [0.1, 0.15) is 5.52 Å². The highest BCUT2D eigenvalue weighted by Crippen LogP contribution is 2.29. The Morgan fingerprint density at radius 3 is 2.81 bits per heavy atom. The van der Waals surface area contributed by atoms with Crippen LogP contribution < -0.4 is 10.6 Å². The third kappa shape index (κ3) is 4.80. The molecule has 1 aliphatic rings. The predicted octanol–water partition coefficient (Wildman–Crippen LogP) is 1.48. The maximum Gasteiger partial charge on any atom is 0.321 e. The number of ether oxygens (including phenoxy) is 1. The number of nitrogens with zero attached hydrogens (tertiary/aromatic N) is 2. The zero-order chi connectivity index (χ0) is 18.4. The van der Waals surface area contributed by atoms with Gasteiger partial charge in [0.2, 0.25) is 5.91 Å². The number of piperidine rings is 1. The first kappa shape index (κ1) is 18.3. The molecule has 0 spiro atoms. The second-order valence-corrected chi connectivity index (χ2v) is 6.37. The molecule has 1 aromatic carbocycles. The molecular weight excluding hydrogens is 336 g/mol. The number of amides is 3. The van der Waals surface area contributed by atoms with E-state index in [0.29, 0.717) is 13.2 Å². The minimum Gasteiger partial charge on any atom is -0.440 e. The molecule has 0 radical (unpaired) electrons. The van der Waals surface area contributed by atoms with Crippen molar-refractivity contribution in [2.75, 3.05) is 39.9 Å². The summed E-state index contributed by atoms with van der Waals surface area (Å²) in [5.74, 6) is 0.729. The van der Waals surface area contributed by atoms with Crippen molar-refractivity contribution in [1.29, 1.82) is 0 Å². The monoisotopic (exact) mass is 360 g/mol. The van der Waals surface area contributed by atoms with E-state index in [4.69, 9.17) is 9.15 Å². The summed E-state index contributed by atoms with van der Waals surface area (Å²) in [5.41, 5.74) is 1.69. The number of rotatable bonds is 6. The van der Waals surface area contributed by atoms with Gasteiger partial charge in [-0.2, -0.15) is 0 Å². The molecule has 0 saturated carbocycles. The molecule has 3 amide bonds. The summed E-state index contributed by atoms with van der Waals surface area (Å²) in [5, 5.41) is 4.89. The second kappa shape index (κ2) is 8.77. The number of carbonyl (C=O) groups is 2. The SMILES string of the molecule is COCCNC(=O)NC(=O)CN1CCC(c2nc3ccccc3o2)CC1. The predicted molar refractivity (Wildman–Crippen MR) is 95.8 cm³/mol. The highest BCUT2D eigenvalue weighted by molar-refractivity contribution is 5.95. The minimum atomic E-state index is -0.492. The van der Waals surface area contributed by atoms with Gasteiger partial charge in [0.05, 0.1) is 13.2 Å². The number of hydrogen-bond donors (Lipinski definition) is 2. The number of methoxy groups -OCH3 is 1. The van der Waals surface area contributed by atoms with Crippen LogP contribution in [-0.4, -0.2) is 61.7 Å². The third-order valence-electron chi connectivity index (χ3n) is 4.46. The van der Waals surface area contributed by atoms with Gasteiger partial charge in [0.15, 0.2) is 11.5 Å². The number of urea groups is 1. The molecule has 1 aliphatic heterocycles. The topological polar surface area (TPSA) is 96.7 Å². The zero-order valence-electron chi connectivity index (χ0n) is 14.9. The quantitative estimate of drug-likeness (QED) is 0.758. The Balaban J connectivity index is 1.43. The second-order valence-electron chi connectivity index (χ2n) is 6.37. The van der Waals surface area contributed by atoms with Gasteiger partial charge in [-0.25, -0.2) is 9.78 Å². The number of imide groups is 1. The molecule has 2 aromatic rings. The van der Waals surface area contributed by atoms with Crippen LogP contribution in [0.25, 0.3) is 11.1 Å². The molecule has 26 heavy (non-hydrogen) atoms. The molecule has 1 saturated heterocycles. The summed E-state index contributed by atoms with van der Waals surface area (Å²) in [6.07, 6.45) is 1.75. The van der Waals surface area contributed by atoms with Crippen molar-refractivity contribution in [3.8, 4) is 0 Å². The summed E-state index contributed by atoms with van der Waals surface area (Å²) < 4.78 is 10.7. The first-order valence-electron chi connectivity index (χ1n) is 8.80. The van der Waals surface area contributed by atoms with Crippen LogP contribution >= 0.6 is 0 Å². The summed E-state index contributed by atoms with van der Waals surface area (Å²) in [4.78, 5) is 30.1. The van der Waals surface area contributed by atoms with Crippen LogP contribution in [0.4, 0.5) is 4.79 Å². The number of hydrogen-bond acceptors (Lipinski definition) is 6. The van der Waals surface area contributed by atoms with Crippen molar-refractivity contribution in [3.05, 3.63) is 30.2 Å². The molecule has 1 fully saturated rings. The number of nitrogens with one attached hydrogen (secondary N) is 2. The first-order valence-corrected chi connectivity index (χ1v) is 8.80. The fourth-order valence-corrected chi connectivity index (χ4v) is 3.08. The first-order chi connectivity index (χ1) is 12.7. The lowest BCUT2D eigenvalue weighted by atomic mass is 9.97. The van der Waals surface area contributed by atoms with Gasteiger partial charge in [-0.3, -0.25) is 15.0 Å². The van der Waals surface area contributed by atoms with E-state index in [1.165, 1.54) is 0 Å². The Hall–Kier alpha value is -2.45. The van der Waals surface area contributed by atoms with Crippen molar-refractivity contribution in [2.24, 2.45) is 0 Å². The normalized spacial score (nSPS) is 15.9. The third-order valence-corrected chi connectivity index (χ3v) is 4.46. The van der Waals surface area contributed by atoms with Crippen LogP contribution in [0.1, 0.15) is 24.7 Å². The molecule has 140 valence electrons. The van der Waals surface area contributed by atoms with Gasteiger partial charge < -0.3 is 14.5 Å². The standard InChI is InChI=1S/C18H24N4O4/c1-25-11-8-19-18(24)21-16(23)12-22-9-6-13(7-10-22)17-20-14-4-2-3-5-15(14)26-17/h2-5,13H,6-12H2,1H3,(H2,19,21,23,24). The molecule has 0 unspecified atom stereocenters. The number of benzene rings is 1. The Morgan fingerprint density at radius 2 is 2.08 bits per heavy atom. The van der Waals surface area contributed by atoms with Crippen molar-refractivity contribution in [3.63, 3.8) is 0 Å². The van der Waals surface area contributed by atoms with Crippen molar-refractivity contribution in [1.82, 2.24) is 20.5 Å². The van der Waals surface area contributed by atoms with Gasteiger partial charge >= 0.3 is 6.03 Å². The van der Waals surface area contributed by atoms with Gasteiger partial charge in [0, 0.05) is 19.6 Å². The molecule has 3 rings (SSSR count). The smallest absolute Gasteiger partial charge is 0.321 e. The molecule has 8 nitrogen and oxygen atoms in total. The molecule has 0 atom stereocenters. The molecule has 0 bridgehead atoms. The molecule has 1 aromatic heterocycles. The lowest BCUT2D eigenvalue weighted by molar-refractivity contribution is -0.121. The number of carbonyl (C=O) groups excluding carboxylic acids is 2. The molecular formula is C18H24N4O4.